The molecule has 0 atom stereocenters. The largest absolute Gasteiger partial charge is 0.357 e. The molecule has 3 aromatic rings. The topological polar surface area (TPSA) is 61.4 Å². The summed E-state index contributed by atoms with van der Waals surface area (Å²) in [6.45, 7) is 5.06. The minimum atomic E-state index is -0.00724. The molecule has 2 saturated heterocycles. The molecule has 1 N–H and O–H groups in total. The van der Waals surface area contributed by atoms with Crippen molar-refractivity contribution in [2.24, 2.45) is 0 Å². The molecule has 0 radical (unpaired) electrons. The first-order valence-electron chi connectivity index (χ1n) is 12.0. The lowest BCUT2D eigenvalue weighted by Crippen LogP contribution is -2.44. The van der Waals surface area contributed by atoms with Gasteiger partial charge in [0.05, 0.1) is 5.69 Å². The van der Waals surface area contributed by atoms with Crippen LogP contribution >= 0.6 is 0 Å². The Morgan fingerprint density at radius 1 is 0.909 bits per heavy atom. The Hall–Kier alpha value is -3.25. The number of piperidine rings is 1. The standard InChI is InChI=1S/C27H31N5O/c33-27(30-24-11-15-31(16-12-24)19-21-7-2-1-3-8-21)23-10-6-9-22(17-23)25-18-26(29-20-28-25)32-13-4-5-14-32/h1-3,6-10,17-18,20,24H,4-5,11-16,19H2,(H,30,33). The van der Waals surface area contributed by atoms with Gasteiger partial charge in [0.25, 0.3) is 5.91 Å². The van der Waals surface area contributed by atoms with Gasteiger partial charge < -0.3 is 10.2 Å². The smallest absolute Gasteiger partial charge is 0.251 e. The summed E-state index contributed by atoms with van der Waals surface area (Å²) in [6, 6.07) is 20.6. The SMILES string of the molecule is O=C(NC1CCN(Cc2ccccc2)CC1)c1cccc(-c2cc(N3CCCC3)ncn2)c1. The molecular formula is C27H31N5O. The molecule has 6 nitrogen and oxygen atoms in total. The fraction of sp³-hybridized carbons (Fsp3) is 0.370. The fourth-order valence-electron chi connectivity index (χ4n) is 4.79. The van der Waals surface area contributed by atoms with Crippen molar-refractivity contribution in [3.05, 3.63) is 78.1 Å². The Bertz CT molecular complexity index is 1070. The van der Waals surface area contributed by atoms with Crippen LogP contribution in [0, 0.1) is 0 Å². The quantitative estimate of drug-likeness (QED) is 0.623. The second kappa shape index (κ2) is 10.1. The number of hydrogen-bond donors (Lipinski definition) is 1. The first-order valence-corrected chi connectivity index (χ1v) is 12.0. The molecule has 2 aliphatic rings. The molecule has 170 valence electrons. The average Bonchev–Trinajstić information content (AvgIpc) is 3.41. The Morgan fingerprint density at radius 2 is 1.70 bits per heavy atom. The number of nitrogens with one attached hydrogen (secondary N) is 1. The van der Waals surface area contributed by atoms with Gasteiger partial charge in [0.2, 0.25) is 0 Å². The number of carbonyl (C=O) groups is 1. The van der Waals surface area contributed by atoms with E-state index in [1.165, 1.54) is 18.4 Å². The highest BCUT2D eigenvalue weighted by molar-refractivity contribution is 5.95. The summed E-state index contributed by atoms with van der Waals surface area (Å²) in [4.78, 5) is 26.7. The highest BCUT2D eigenvalue weighted by atomic mass is 16.1. The van der Waals surface area contributed by atoms with E-state index < -0.39 is 0 Å². The molecular weight excluding hydrogens is 410 g/mol. The van der Waals surface area contributed by atoms with Crippen LogP contribution in [0.1, 0.15) is 41.6 Å². The number of hydrogen-bond acceptors (Lipinski definition) is 5. The van der Waals surface area contributed by atoms with Gasteiger partial charge in [0.15, 0.2) is 0 Å². The number of likely N-dealkylation sites (tertiary alicyclic amines) is 1. The van der Waals surface area contributed by atoms with Crippen LogP contribution in [0.15, 0.2) is 67.0 Å². The molecule has 2 aromatic carbocycles. The van der Waals surface area contributed by atoms with E-state index in [9.17, 15) is 4.79 Å². The maximum absolute atomic E-state index is 13.0. The van der Waals surface area contributed by atoms with E-state index >= 15 is 0 Å². The maximum atomic E-state index is 13.0. The molecule has 0 aliphatic carbocycles. The zero-order valence-electron chi connectivity index (χ0n) is 19.0. The van der Waals surface area contributed by atoms with E-state index in [-0.39, 0.29) is 11.9 Å². The second-order valence-electron chi connectivity index (χ2n) is 9.05. The molecule has 3 heterocycles. The molecule has 2 fully saturated rings. The Balaban J connectivity index is 1.19. The van der Waals surface area contributed by atoms with Crippen molar-refractivity contribution in [1.29, 1.82) is 0 Å². The summed E-state index contributed by atoms with van der Waals surface area (Å²) < 4.78 is 0. The van der Waals surface area contributed by atoms with Crippen LogP contribution < -0.4 is 10.2 Å². The summed E-state index contributed by atoms with van der Waals surface area (Å²) in [6.07, 6.45) is 5.99. The minimum absolute atomic E-state index is 0.00724. The van der Waals surface area contributed by atoms with Gasteiger partial charge in [-0.3, -0.25) is 9.69 Å². The van der Waals surface area contributed by atoms with E-state index in [0.29, 0.717) is 5.56 Å². The Morgan fingerprint density at radius 3 is 2.48 bits per heavy atom. The van der Waals surface area contributed by atoms with E-state index in [1.54, 1.807) is 6.33 Å². The summed E-state index contributed by atoms with van der Waals surface area (Å²) >= 11 is 0. The van der Waals surface area contributed by atoms with Gasteiger partial charge in [-0.05, 0) is 43.4 Å². The molecule has 0 saturated carbocycles. The number of benzene rings is 2. The van der Waals surface area contributed by atoms with Gasteiger partial charge in [0.1, 0.15) is 12.1 Å². The summed E-state index contributed by atoms with van der Waals surface area (Å²) in [7, 11) is 0. The third-order valence-electron chi connectivity index (χ3n) is 6.68. The lowest BCUT2D eigenvalue weighted by molar-refractivity contribution is 0.0909. The van der Waals surface area contributed by atoms with E-state index in [4.69, 9.17) is 0 Å². The number of rotatable bonds is 6. The third-order valence-corrected chi connectivity index (χ3v) is 6.68. The van der Waals surface area contributed by atoms with Gasteiger partial charge in [-0.1, -0.05) is 42.5 Å². The highest BCUT2D eigenvalue weighted by Crippen LogP contribution is 2.24. The van der Waals surface area contributed by atoms with Crippen LogP contribution in [-0.4, -0.2) is 53.0 Å². The second-order valence-corrected chi connectivity index (χ2v) is 9.05. The zero-order chi connectivity index (χ0) is 22.5. The van der Waals surface area contributed by atoms with E-state index in [1.807, 2.05) is 30.3 Å². The summed E-state index contributed by atoms with van der Waals surface area (Å²) in [5.74, 6) is 0.960. The van der Waals surface area contributed by atoms with Crippen molar-refractivity contribution in [2.75, 3.05) is 31.1 Å². The molecule has 0 unspecified atom stereocenters. The Labute approximate surface area is 195 Å². The van der Waals surface area contributed by atoms with Crippen LogP contribution in [0.25, 0.3) is 11.3 Å². The molecule has 33 heavy (non-hydrogen) atoms. The number of nitrogens with zero attached hydrogens (tertiary/aromatic N) is 4. The lowest BCUT2D eigenvalue weighted by atomic mass is 10.0. The summed E-state index contributed by atoms with van der Waals surface area (Å²) in [5, 5.41) is 3.25. The van der Waals surface area contributed by atoms with Crippen LogP contribution in [0.3, 0.4) is 0 Å². The van der Waals surface area contributed by atoms with Crippen molar-refractivity contribution in [3.63, 3.8) is 0 Å². The molecule has 1 amide bonds. The van der Waals surface area contributed by atoms with Crippen molar-refractivity contribution in [1.82, 2.24) is 20.2 Å². The number of anilines is 1. The number of amides is 1. The first-order chi connectivity index (χ1) is 16.2. The fourth-order valence-corrected chi connectivity index (χ4v) is 4.79. The minimum Gasteiger partial charge on any atom is -0.357 e. The molecule has 1 aromatic heterocycles. The van der Waals surface area contributed by atoms with Gasteiger partial charge in [-0.25, -0.2) is 9.97 Å². The monoisotopic (exact) mass is 441 g/mol. The third kappa shape index (κ3) is 5.40. The predicted octanol–water partition coefficient (Wildman–Crippen LogP) is 4.14. The zero-order valence-corrected chi connectivity index (χ0v) is 19.0. The molecule has 0 bridgehead atoms. The van der Waals surface area contributed by atoms with Crippen LogP contribution in [-0.2, 0) is 6.54 Å². The molecule has 0 spiro atoms. The molecule has 6 heteroatoms. The van der Waals surface area contributed by atoms with E-state index in [0.717, 1.165) is 62.6 Å². The molecule has 5 rings (SSSR count). The van der Waals surface area contributed by atoms with E-state index in [2.05, 4.69) is 55.4 Å². The van der Waals surface area contributed by atoms with Crippen LogP contribution in [0.4, 0.5) is 5.82 Å². The van der Waals surface area contributed by atoms with Gasteiger partial charge in [-0.2, -0.15) is 0 Å². The number of carbonyl (C=O) groups excluding carboxylic acids is 1. The van der Waals surface area contributed by atoms with Gasteiger partial charge in [-0.15, -0.1) is 0 Å². The maximum Gasteiger partial charge on any atom is 0.251 e. The lowest BCUT2D eigenvalue weighted by Gasteiger charge is -2.32. The number of aromatic nitrogens is 2. The van der Waals surface area contributed by atoms with Crippen LogP contribution in [0.2, 0.25) is 0 Å². The van der Waals surface area contributed by atoms with Crippen molar-refractivity contribution < 1.29 is 4.79 Å². The summed E-state index contributed by atoms with van der Waals surface area (Å²) in [5.41, 5.74) is 3.83. The highest BCUT2D eigenvalue weighted by Gasteiger charge is 2.21. The first kappa shape index (κ1) is 21.6. The predicted molar refractivity (Wildman–Crippen MR) is 131 cm³/mol. The van der Waals surface area contributed by atoms with Crippen molar-refractivity contribution in [2.45, 2.75) is 38.3 Å². The van der Waals surface area contributed by atoms with Crippen LogP contribution in [0.5, 0.6) is 0 Å². The molecule has 2 aliphatic heterocycles. The average molecular weight is 442 g/mol. The van der Waals surface area contributed by atoms with Gasteiger partial charge in [0, 0.05) is 56.0 Å². The normalized spacial score (nSPS) is 17.3. The van der Waals surface area contributed by atoms with Crippen molar-refractivity contribution >= 4 is 11.7 Å². The van der Waals surface area contributed by atoms with Gasteiger partial charge >= 0.3 is 0 Å². The van der Waals surface area contributed by atoms with Crippen molar-refractivity contribution in [3.8, 4) is 11.3 Å². The Kier molecular flexibility index (Phi) is 6.63.